The molecule has 0 saturated carbocycles. The molecular formula is C21H25N3O. The van der Waals surface area contributed by atoms with E-state index in [-0.39, 0.29) is 5.92 Å². The topological polar surface area (TPSA) is 52.2 Å². The number of H-pyrrole nitrogens is 1. The third-order valence-corrected chi connectivity index (χ3v) is 5.39. The first-order valence-electron chi connectivity index (χ1n) is 8.86. The van der Waals surface area contributed by atoms with Crippen molar-refractivity contribution in [2.45, 2.75) is 38.3 Å². The standard InChI is InChI=1S/C21H25N3O/c1-14-6-7-19-17(9-14)18-13-24(3)12-15(20(18)23-19)10-21(2,25)16-5-4-8-22-11-16/h4-9,11,15,23,25H,10,12-13H2,1-3H3. The number of nitrogens with one attached hydrogen (secondary N) is 1. The molecule has 25 heavy (non-hydrogen) atoms. The maximum absolute atomic E-state index is 11.1. The van der Waals surface area contributed by atoms with Gasteiger partial charge in [0.05, 0.1) is 5.60 Å². The predicted octanol–water partition coefficient (Wildman–Crippen LogP) is 3.70. The van der Waals surface area contributed by atoms with Crippen LogP contribution in [0, 0.1) is 6.92 Å². The number of rotatable bonds is 3. The summed E-state index contributed by atoms with van der Waals surface area (Å²) in [5.41, 5.74) is 5.10. The third kappa shape index (κ3) is 2.96. The lowest BCUT2D eigenvalue weighted by Crippen LogP contribution is -2.34. The van der Waals surface area contributed by atoms with Crippen LogP contribution in [-0.4, -0.2) is 33.6 Å². The second kappa shape index (κ2) is 5.97. The van der Waals surface area contributed by atoms with Gasteiger partial charge in [0.1, 0.15) is 0 Å². The molecule has 4 heteroatoms. The molecule has 2 unspecified atom stereocenters. The first-order valence-corrected chi connectivity index (χ1v) is 8.86. The van der Waals surface area contributed by atoms with E-state index in [1.165, 1.54) is 27.7 Å². The van der Waals surface area contributed by atoms with E-state index < -0.39 is 5.60 Å². The summed E-state index contributed by atoms with van der Waals surface area (Å²) < 4.78 is 0. The van der Waals surface area contributed by atoms with Crippen LogP contribution in [0.5, 0.6) is 0 Å². The number of aromatic nitrogens is 2. The predicted molar refractivity (Wildman–Crippen MR) is 101 cm³/mol. The fraction of sp³-hybridized carbons (Fsp3) is 0.381. The van der Waals surface area contributed by atoms with Gasteiger partial charge in [-0.2, -0.15) is 0 Å². The normalized spacial score (nSPS) is 20.4. The van der Waals surface area contributed by atoms with Crippen molar-refractivity contribution in [2.75, 3.05) is 13.6 Å². The molecule has 130 valence electrons. The summed E-state index contributed by atoms with van der Waals surface area (Å²) in [6, 6.07) is 10.4. The van der Waals surface area contributed by atoms with Gasteiger partial charge in [-0.15, -0.1) is 0 Å². The van der Waals surface area contributed by atoms with Crippen molar-refractivity contribution in [1.82, 2.24) is 14.9 Å². The van der Waals surface area contributed by atoms with Gasteiger partial charge in [0, 0.05) is 53.6 Å². The number of aryl methyl sites for hydroxylation is 1. The fourth-order valence-electron chi connectivity index (χ4n) is 4.15. The summed E-state index contributed by atoms with van der Waals surface area (Å²) in [5, 5.41) is 12.4. The van der Waals surface area contributed by atoms with E-state index in [0.29, 0.717) is 6.42 Å². The molecule has 4 nitrogen and oxygen atoms in total. The minimum Gasteiger partial charge on any atom is -0.385 e. The lowest BCUT2D eigenvalue weighted by Gasteiger charge is -2.35. The van der Waals surface area contributed by atoms with Crippen molar-refractivity contribution in [3.8, 4) is 0 Å². The number of pyridine rings is 1. The lowest BCUT2D eigenvalue weighted by molar-refractivity contribution is 0.0336. The number of nitrogens with zero attached hydrogens (tertiary/aromatic N) is 2. The smallest absolute Gasteiger partial charge is 0.0890 e. The van der Waals surface area contributed by atoms with E-state index in [9.17, 15) is 5.11 Å². The van der Waals surface area contributed by atoms with Gasteiger partial charge in [-0.05, 0) is 51.1 Å². The van der Waals surface area contributed by atoms with Crippen molar-refractivity contribution in [2.24, 2.45) is 0 Å². The Labute approximate surface area is 148 Å². The number of fused-ring (bicyclic) bond motifs is 3. The van der Waals surface area contributed by atoms with Crippen LogP contribution >= 0.6 is 0 Å². The van der Waals surface area contributed by atoms with Gasteiger partial charge in [0.2, 0.25) is 0 Å². The average Bonchev–Trinajstić information content (AvgIpc) is 2.93. The molecule has 4 rings (SSSR count). The third-order valence-electron chi connectivity index (χ3n) is 5.39. The first-order chi connectivity index (χ1) is 11.9. The SMILES string of the molecule is Cc1ccc2[nH]c3c(c2c1)CN(C)CC3CC(C)(O)c1cccnc1. The molecule has 0 aliphatic carbocycles. The molecule has 3 aromatic rings. The Morgan fingerprint density at radius 2 is 2.20 bits per heavy atom. The van der Waals surface area contributed by atoms with Gasteiger partial charge in [0.25, 0.3) is 0 Å². The monoisotopic (exact) mass is 335 g/mol. The summed E-state index contributed by atoms with van der Waals surface area (Å²) in [6.45, 7) is 5.92. The van der Waals surface area contributed by atoms with Crippen LogP contribution in [0.1, 0.15) is 41.6 Å². The molecule has 2 N–H and O–H groups in total. The van der Waals surface area contributed by atoms with Crippen LogP contribution in [0.15, 0.2) is 42.7 Å². The number of likely N-dealkylation sites (N-methyl/N-ethyl adjacent to an activating group) is 1. The Bertz CT molecular complexity index is 898. The van der Waals surface area contributed by atoms with Gasteiger partial charge in [-0.3, -0.25) is 4.98 Å². The van der Waals surface area contributed by atoms with E-state index in [1.54, 1.807) is 12.4 Å². The van der Waals surface area contributed by atoms with Crippen LogP contribution in [0.2, 0.25) is 0 Å². The molecule has 1 aromatic carbocycles. The summed E-state index contributed by atoms with van der Waals surface area (Å²) in [7, 11) is 2.16. The van der Waals surface area contributed by atoms with E-state index in [2.05, 4.69) is 47.0 Å². The van der Waals surface area contributed by atoms with Crippen molar-refractivity contribution in [1.29, 1.82) is 0 Å². The number of hydrogen-bond acceptors (Lipinski definition) is 3. The quantitative estimate of drug-likeness (QED) is 0.767. The maximum atomic E-state index is 11.1. The van der Waals surface area contributed by atoms with Crippen molar-refractivity contribution in [3.05, 3.63) is 65.1 Å². The zero-order valence-corrected chi connectivity index (χ0v) is 15.1. The summed E-state index contributed by atoms with van der Waals surface area (Å²) in [4.78, 5) is 10.2. The highest BCUT2D eigenvalue weighted by atomic mass is 16.3. The molecule has 0 fully saturated rings. The zero-order valence-electron chi connectivity index (χ0n) is 15.1. The van der Waals surface area contributed by atoms with Crippen LogP contribution < -0.4 is 0 Å². The molecule has 1 aliphatic rings. The van der Waals surface area contributed by atoms with Crippen molar-refractivity contribution >= 4 is 10.9 Å². The summed E-state index contributed by atoms with van der Waals surface area (Å²) in [5.74, 6) is 0.261. The largest absolute Gasteiger partial charge is 0.385 e. The molecule has 2 atom stereocenters. The van der Waals surface area contributed by atoms with Crippen LogP contribution in [0.3, 0.4) is 0 Å². The highest BCUT2D eigenvalue weighted by Crippen LogP contribution is 2.39. The van der Waals surface area contributed by atoms with E-state index in [4.69, 9.17) is 0 Å². The number of benzene rings is 1. The van der Waals surface area contributed by atoms with Gasteiger partial charge in [0.15, 0.2) is 0 Å². The molecule has 1 aliphatic heterocycles. The Morgan fingerprint density at radius 3 is 2.96 bits per heavy atom. The second-order valence-electron chi connectivity index (χ2n) is 7.68. The molecule has 0 amide bonds. The average molecular weight is 335 g/mol. The fourth-order valence-corrected chi connectivity index (χ4v) is 4.15. The molecule has 0 bridgehead atoms. The summed E-state index contributed by atoms with van der Waals surface area (Å²) >= 11 is 0. The second-order valence-corrected chi connectivity index (χ2v) is 7.68. The number of aliphatic hydroxyl groups is 1. The molecule has 2 aromatic heterocycles. The van der Waals surface area contributed by atoms with E-state index in [0.717, 1.165) is 18.7 Å². The number of hydrogen-bond donors (Lipinski definition) is 2. The van der Waals surface area contributed by atoms with Crippen molar-refractivity contribution < 1.29 is 5.11 Å². The highest BCUT2D eigenvalue weighted by molar-refractivity contribution is 5.85. The number of aromatic amines is 1. The molecular weight excluding hydrogens is 310 g/mol. The molecule has 0 saturated heterocycles. The Balaban J connectivity index is 1.74. The summed E-state index contributed by atoms with van der Waals surface area (Å²) in [6.07, 6.45) is 4.18. The lowest BCUT2D eigenvalue weighted by atomic mass is 9.82. The Morgan fingerprint density at radius 1 is 1.36 bits per heavy atom. The first kappa shape index (κ1) is 16.3. The van der Waals surface area contributed by atoms with E-state index in [1.807, 2.05) is 19.1 Å². The van der Waals surface area contributed by atoms with Crippen LogP contribution in [0.25, 0.3) is 10.9 Å². The van der Waals surface area contributed by atoms with Gasteiger partial charge < -0.3 is 15.0 Å². The van der Waals surface area contributed by atoms with Gasteiger partial charge in [-0.25, -0.2) is 0 Å². The molecule has 3 heterocycles. The Hall–Kier alpha value is -2.17. The van der Waals surface area contributed by atoms with Gasteiger partial charge >= 0.3 is 0 Å². The zero-order chi connectivity index (χ0) is 17.6. The van der Waals surface area contributed by atoms with Crippen molar-refractivity contribution in [3.63, 3.8) is 0 Å². The highest BCUT2D eigenvalue weighted by Gasteiger charge is 2.34. The molecule has 0 spiro atoms. The van der Waals surface area contributed by atoms with E-state index >= 15 is 0 Å². The maximum Gasteiger partial charge on any atom is 0.0890 e. The molecule has 0 radical (unpaired) electrons. The van der Waals surface area contributed by atoms with Crippen LogP contribution in [0.4, 0.5) is 0 Å². The van der Waals surface area contributed by atoms with Gasteiger partial charge in [-0.1, -0.05) is 17.7 Å². The van der Waals surface area contributed by atoms with Crippen LogP contribution in [-0.2, 0) is 12.1 Å². The minimum atomic E-state index is -0.901. The Kier molecular flexibility index (Phi) is 3.89. The minimum absolute atomic E-state index is 0.261.